The molecule has 3 heterocycles. The summed E-state index contributed by atoms with van der Waals surface area (Å²) in [5.74, 6) is 1.27. The van der Waals surface area contributed by atoms with Crippen LogP contribution in [0.2, 0.25) is 0 Å². The highest BCUT2D eigenvalue weighted by Crippen LogP contribution is 2.37. The first-order chi connectivity index (χ1) is 10.8. The molecular formula is C19H31N3. The lowest BCUT2D eigenvalue weighted by Gasteiger charge is -2.40. The van der Waals surface area contributed by atoms with Crippen LogP contribution < -0.4 is 4.90 Å². The zero-order chi connectivity index (χ0) is 15.4. The molecule has 0 bridgehead atoms. The highest BCUT2D eigenvalue weighted by Gasteiger charge is 2.29. The highest BCUT2D eigenvalue weighted by molar-refractivity contribution is 5.48. The predicted octanol–water partition coefficient (Wildman–Crippen LogP) is 4.40. The van der Waals surface area contributed by atoms with E-state index in [0.29, 0.717) is 12.1 Å². The molecule has 2 aliphatic heterocycles. The van der Waals surface area contributed by atoms with Crippen molar-refractivity contribution >= 4 is 5.82 Å². The molecular weight excluding hydrogens is 270 g/mol. The van der Waals surface area contributed by atoms with E-state index in [0.717, 1.165) is 0 Å². The molecule has 0 amide bonds. The summed E-state index contributed by atoms with van der Waals surface area (Å²) in [6.07, 6.45) is 11.3. The van der Waals surface area contributed by atoms with E-state index < -0.39 is 0 Å². The van der Waals surface area contributed by atoms with Gasteiger partial charge in [-0.25, -0.2) is 4.98 Å². The molecule has 22 heavy (non-hydrogen) atoms. The Morgan fingerprint density at radius 1 is 1.00 bits per heavy atom. The van der Waals surface area contributed by atoms with Crippen LogP contribution in [0.1, 0.15) is 70.4 Å². The van der Waals surface area contributed by atoms with E-state index in [1.807, 2.05) is 6.20 Å². The van der Waals surface area contributed by atoms with Crippen LogP contribution >= 0.6 is 0 Å². The van der Waals surface area contributed by atoms with Crippen molar-refractivity contribution in [3.8, 4) is 0 Å². The van der Waals surface area contributed by atoms with E-state index >= 15 is 0 Å². The predicted molar refractivity (Wildman–Crippen MR) is 93.4 cm³/mol. The second-order valence-corrected chi connectivity index (χ2v) is 7.16. The second kappa shape index (κ2) is 7.45. The minimum Gasteiger partial charge on any atom is -0.356 e. The Morgan fingerprint density at radius 2 is 1.73 bits per heavy atom. The minimum atomic E-state index is 0.556. The molecule has 1 aromatic heterocycles. The summed E-state index contributed by atoms with van der Waals surface area (Å²) < 4.78 is 0. The van der Waals surface area contributed by atoms with Gasteiger partial charge in [0, 0.05) is 36.9 Å². The Labute approximate surface area is 135 Å². The van der Waals surface area contributed by atoms with Crippen molar-refractivity contribution in [2.45, 2.75) is 70.9 Å². The van der Waals surface area contributed by atoms with Gasteiger partial charge in [-0.15, -0.1) is 0 Å². The van der Waals surface area contributed by atoms with Gasteiger partial charge < -0.3 is 4.90 Å². The third-order valence-electron chi connectivity index (χ3n) is 5.29. The summed E-state index contributed by atoms with van der Waals surface area (Å²) in [5.41, 5.74) is 1.47. The van der Waals surface area contributed by atoms with E-state index in [4.69, 9.17) is 4.98 Å². The number of hydrogen-bond acceptors (Lipinski definition) is 3. The monoisotopic (exact) mass is 301 g/mol. The fraction of sp³-hybridized carbons (Fsp3) is 0.737. The zero-order valence-electron chi connectivity index (χ0n) is 14.3. The number of pyridine rings is 1. The lowest BCUT2D eigenvalue weighted by Crippen LogP contribution is -2.39. The topological polar surface area (TPSA) is 19.4 Å². The third kappa shape index (κ3) is 3.45. The van der Waals surface area contributed by atoms with Gasteiger partial charge in [-0.2, -0.15) is 0 Å². The van der Waals surface area contributed by atoms with Crippen molar-refractivity contribution in [2.75, 3.05) is 24.5 Å². The molecule has 0 radical (unpaired) electrons. The van der Waals surface area contributed by atoms with E-state index in [1.54, 1.807) is 0 Å². The summed E-state index contributed by atoms with van der Waals surface area (Å²) in [7, 11) is 0. The first-order valence-corrected chi connectivity index (χ1v) is 9.23. The molecule has 3 heteroatoms. The average Bonchev–Trinajstić information content (AvgIpc) is 2.84. The van der Waals surface area contributed by atoms with Crippen LogP contribution in [0, 0.1) is 0 Å². The van der Waals surface area contributed by atoms with Gasteiger partial charge in [0.2, 0.25) is 0 Å². The van der Waals surface area contributed by atoms with Crippen molar-refractivity contribution in [1.29, 1.82) is 0 Å². The molecule has 0 spiro atoms. The van der Waals surface area contributed by atoms with Gasteiger partial charge in [0.1, 0.15) is 5.82 Å². The normalized spacial score (nSPS) is 24.5. The maximum absolute atomic E-state index is 4.81. The summed E-state index contributed by atoms with van der Waals surface area (Å²) in [6.45, 7) is 8.26. The molecule has 3 rings (SSSR count). The number of rotatable bonds is 3. The summed E-state index contributed by atoms with van der Waals surface area (Å²) in [6, 6.07) is 5.63. The number of hydrogen-bond donors (Lipinski definition) is 0. The molecule has 2 fully saturated rings. The Kier molecular flexibility index (Phi) is 5.35. The van der Waals surface area contributed by atoms with Gasteiger partial charge in [0.15, 0.2) is 0 Å². The Hall–Kier alpha value is -1.09. The van der Waals surface area contributed by atoms with E-state index in [9.17, 15) is 0 Å². The van der Waals surface area contributed by atoms with Crippen LogP contribution in [0.4, 0.5) is 5.82 Å². The molecule has 122 valence electrons. The SMILES string of the molecule is CC(C)N1CCCCC1c1cccnc1N1CCCCCC1. The van der Waals surface area contributed by atoms with E-state index in [1.165, 1.54) is 76.0 Å². The Balaban J connectivity index is 1.89. The van der Waals surface area contributed by atoms with Crippen LogP contribution in [-0.2, 0) is 0 Å². The van der Waals surface area contributed by atoms with Crippen LogP contribution in [0.15, 0.2) is 18.3 Å². The van der Waals surface area contributed by atoms with Gasteiger partial charge in [0.25, 0.3) is 0 Å². The average molecular weight is 301 g/mol. The van der Waals surface area contributed by atoms with Crippen molar-refractivity contribution in [3.63, 3.8) is 0 Å². The van der Waals surface area contributed by atoms with Crippen LogP contribution in [-0.4, -0.2) is 35.6 Å². The van der Waals surface area contributed by atoms with E-state index in [2.05, 4.69) is 35.8 Å². The molecule has 0 N–H and O–H groups in total. The van der Waals surface area contributed by atoms with E-state index in [-0.39, 0.29) is 0 Å². The van der Waals surface area contributed by atoms with Gasteiger partial charge in [-0.3, -0.25) is 4.90 Å². The molecule has 3 nitrogen and oxygen atoms in total. The number of piperidine rings is 1. The minimum absolute atomic E-state index is 0.556. The molecule has 0 saturated carbocycles. The summed E-state index contributed by atoms with van der Waals surface area (Å²) >= 11 is 0. The lowest BCUT2D eigenvalue weighted by atomic mass is 9.94. The van der Waals surface area contributed by atoms with Crippen LogP contribution in [0.3, 0.4) is 0 Å². The first kappa shape index (κ1) is 15.8. The van der Waals surface area contributed by atoms with Gasteiger partial charge in [-0.1, -0.05) is 25.3 Å². The molecule has 2 saturated heterocycles. The second-order valence-electron chi connectivity index (χ2n) is 7.16. The third-order valence-corrected chi connectivity index (χ3v) is 5.29. The van der Waals surface area contributed by atoms with Crippen molar-refractivity contribution < 1.29 is 0 Å². The Bertz CT molecular complexity index is 464. The van der Waals surface area contributed by atoms with Gasteiger partial charge in [0.05, 0.1) is 0 Å². The number of anilines is 1. The smallest absolute Gasteiger partial charge is 0.133 e. The van der Waals surface area contributed by atoms with Crippen molar-refractivity contribution in [1.82, 2.24) is 9.88 Å². The highest BCUT2D eigenvalue weighted by atomic mass is 15.2. The van der Waals surface area contributed by atoms with Gasteiger partial charge in [-0.05, 0) is 52.1 Å². The summed E-state index contributed by atoms with van der Waals surface area (Å²) in [5, 5.41) is 0. The summed E-state index contributed by atoms with van der Waals surface area (Å²) in [4.78, 5) is 10.0. The fourth-order valence-corrected chi connectivity index (χ4v) is 4.12. The standard InChI is InChI=1S/C19H31N3/c1-16(2)22-15-8-5-11-18(22)17-10-9-12-20-19(17)21-13-6-3-4-7-14-21/h9-10,12,16,18H,3-8,11,13-15H2,1-2H3. The largest absolute Gasteiger partial charge is 0.356 e. The number of aromatic nitrogens is 1. The maximum Gasteiger partial charge on any atom is 0.133 e. The molecule has 0 aromatic carbocycles. The van der Waals surface area contributed by atoms with Crippen molar-refractivity contribution in [3.05, 3.63) is 23.9 Å². The maximum atomic E-state index is 4.81. The first-order valence-electron chi connectivity index (χ1n) is 9.23. The van der Waals surface area contributed by atoms with Crippen molar-refractivity contribution in [2.24, 2.45) is 0 Å². The molecule has 1 atom stereocenters. The lowest BCUT2D eigenvalue weighted by molar-refractivity contribution is 0.112. The molecule has 2 aliphatic rings. The van der Waals surface area contributed by atoms with Gasteiger partial charge >= 0.3 is 0 Å². The molecule has 1 aromatic rings. The quantitative estimate of drug-likeness (QED) is 0.825. The van der Waals surface area contributed by atoms with Crippen LogP contribution in [0.25, 0.3) is 0 Å². The number of likely N-dealkylation sites (tertiary alicyclic amines) is 1. The molecule has 0 aliphatic carbocycles. The number of nitrogens with zero attached hydrogens (tertiary/aromatic N) is 3. The zero-order valence-corrected chi connectivity index (χ0v) is 14.3. The fourth-order valence-electron chi connectivity index (χ4n) is 4.12. The van der Waals surface area contributed by atoms with Crippen LogP contribution in [0.5, 0.6) is 0 Å². The Morgan fingerprint density at radius 3 is 2.45 bits per heavy atom. The molecule has 1 unspecified atom stereocenters.